The second-order valence-corrected chi connectivity index (χ2v) is 6.88. The highest BCUT2D eigenvalue weighted by molar-refractivity contribution is 5.89. The lowest BCUT2D eigenvalue weighted by Gasteiger charge is -2.17. The van der Waals surface area contributed by atoms with Gasteiger partial charge in [-0.25, -0.2) is 23.6 Å². The van der Waals surface area contributed by atoms with E-state index in [0.29, 0.717) is 6.54 Å². The summed E-state index contributed by atoms with van der Waals surface area (Å²) in [6.45, 7) is 0.846. The molecule has 0 aliphatic carbocycles. The van der Waals surface area contributed by atoms with Crippen LogP contribution in [0.3, 0.4) is 0 Å². The summed E-state index contributed by atoms with van der Waals surface area (Å²) in [5.74, 6) is 0.810. The largest absolute Gasteiger partial charge is 0.497 e. The molecule has 0 spiro atoms. The van der Waals surface area contributed by atoms with E-state index in [4.69, 9.17) is 23.4 Å². The van der Waals surface area contributed by atoms with Gasteiger partial charge in [-0.15, -0.1) is 10.2 Å². The molecule has 1 heterocycles. The van der Waals surface area contributed by atoms with Crippen LogP contribution in [0.2, 0.25) is 0 Å². The van der Waals surface area contributed by atoms with Gasteiger partial charge in [0.2, 0.25) is 11.4 Å². The van der Waals surface area contributed by atoms with Gasteiger partial charge in [0, 0.05) is 18.0 Å². The van der Waals surface area contributed by atoms with E-state index in [2.05, 4.69) is 15.6 Å². The molecular formula is C20H22ClN3O6. The van der Waals surface area contributed by atoms with E-state index in [9.17, 15) is 4.79 Å². The van der Waals surface area contributed by atoms with Crippen molar-refractivity contribution < 1.29 is 43.4 Å². The van der Waals surface area contributed by atoms with Crippen molar-refractivity contribution >= 4 is 22.5 Å². The van der Waals surface area contributed by atoms with Crippen molar-refractivity contribution in [3.8, 4) is 5.75 Å². The second-order valence-electron chi connectivity index (χ2n) is 6.12. The Morgan fingerprint density at radius 2 is 1.70 bits per heavy atom. The molecular weight excluding hydrogens is 414 g/mol. The summed E-state index contributed by atoms with van der Waals surface area (Å²) < 4.78 is 39.1. The zero-order valence-electron chi connectivity index (χ0n) is 16.2. The number of halogens is 1. The third kappa shape index (κ3) is 8.60. The van der Waals surface area contributed by atoms with Gasteiger partial charge < -0.3 is 15.4 Å². The maximum absolute atomic E-state index is 12.0. The molecule has 1 amide bonds. The fourth-order valence-electron chi connectivity index (χ4n) is 2.68. The number of methoxy groups -OCH3 is 1. The van der Waals surface area contributed by atoms with E-state index < -0.39 is 10.2 Å². The second kappa shape index (κ2) is 11.3. The van der Waals surface area contributed by atoms with Crippen molar-refractivity contribution in [2.45, 2.75) is 6.42 Å². The first-order valence-corrected chi connectivity index (χ1v) is 10.1. The van der Waals surface area contributed by atoms with Crippen molar-refractivity contribution in [2.24, 2.45) is 0 Å². The first-order chi connectivity index (χ1) is 14.3. The number of carbonyl (C=O) groups excluding carboxylic acids is 1. The molecule has 1 aromatic heterocycles. The minimum absolute atomic E-state index is 0.0264. The summed E-state index contributed by atoms with van der Waals surface area (Å²) >= 11 is 0. The van der Waals surface area contributed by atoms with Crippen LogP contribution >= 0.6 is 0 Å². The Bertz CT molecular complexity index is 936. The summed E-state index contributed by atoms with van der Waals surface area (Å²) in [6.07, 6.45) is 2.67. The molecule has 3 N–H and O–H groups in total. The highest BCUT2D eigenvalue weighted by Crippen LogP contribution is 2.17. The van der Waals surface area contributed by atoms with E-state index in [-0.39, 0.29) is 12.5 Å². The Hall–Kier alpha value is -2.95. The van der Waals surface area contributed by atoms with Gasteiger partial charge in [-0.1, -0.05) is 18.2 Å². The van der Waals surface area contributed by atoms with Gasteiger partial charge in [0.1, 0.15) is 11.4 Å². The van der Waals surface area contributed by atoms with Crippen LogP contribution in [0.4, 0.5) is 5.69 Å². The zero-order valence-corrected chi connectivity index (χ0v) is 17.0. The van der Waals surface area contributed by atoms with Gasteiger partial charge >= 0.3 is 0 Å². The van der Waals surface area contributed by atoms with E-state index >= 15 is 0 Å². The number of aromatic nitrogens is 1. The Morgan fingerprint density at radius 3 is 2.37 bits per heavy atom. The number of hydrogen-bond acceptors (Lipinski definition) is 7. The van der Waals surface area contributed by atoms with Crippen molar-refractivity contribution in [1.82, 2.24) is 5.32 Å². The lowest BCUT2D eigenvalue weighted by Crippen LogP contribution is -2.68. The first kappa shape index (κ1) is 23.3. The van der Waals surface area contributed by atoms with Crippen molar-refractivity contribution in [2.75, 3.05) is 25.5 Å². The number of pyridine rings is 1. The van der Waals surface area contributed by atoms with Crippen LogP contribution in [0, 0.1) is 10.2 Å². The molecule has 160 valence electrons. The lowest BCUT2D eigenvalue weighted by atomic mass is 10.1. The maximum Gasteiger partial charge on any atom is 0.239 e. The number of para-hydroxylation sites is 1. The molecule has 30 heavy (non-hydrogen) atoms. The van der Waals surface area contributed by atoms with E-state index in [1.807, 2.05) is 60.8 Å². The molecule has 0 aliphatic rings. The maximum atomic E-state index is 12.0. The number of ether oxygens (including phenoxy) is 1. The number of nitrogens with one attached hydrogen (secondary N) is 3. The fraction of sp³-hybridized carbons (Fsp3) is 0.200. The number of aromatic amines is 1. The normalized spacial score (nSPS) is 10.7. The molecule has 0 atom stereocenters. The van der Waals surface area contributed by atoms with E-state index in [0.717, 1.165) is 34.3 Å². The smallest absolute Gasteiger partial charge is 0.239 e. The van der Waals surface area contributed by atoms with Crippen LogP contribution in [0.1, 0.15) is 5.56 Å². The minimum Gasteiger partial charge on any atom is -0.497 e. The van der Waals surface area contributed by atoms with Crippen LogP contribution in [-0.2, 0) is 11.2 Å². The molecule has 0 unspecified atom stereocenters. The van der Waals surface area contributed by atoms with Gasteiger partial charge in [-0.05, 0) is 42.3 Å². The lowest BCUT2D eigenvalue weighted by molar-refractivity contribution is -2.00. The Morgan fingerprint density at radius 1 is 1.03 bits per heavy atom. The molecule has 0 saturated heterocycles. The number of rotatable bonds is 7. The molecule has 10 heteroatoms. The Kier molecular flexibility index (Phi) is 8.78. The highest BCUT2D eigenvalue weighted by atomic mass is 35.7. The average molecular weight is 436 g/mol. The molecule has 0 fully saturated rings. The van der Waals surface area contributed by atoms with E-state index in [1.165, 1.54) is 0 Å². The molecule has 0 aliphatic heterocycles. The van der Waals surface area contributed by atoms with Crippen molar-refractivity contribution in [3.05, 3.63) is 66.4 Å². The van der Waals surface area contributed by atoms with Gasteiger partial charge in [0.15, 0.2) is 6.20 Å². The van der Waals surface area contributed by atoms with Crippen molar-refractivity contribution in [1.29, 1.82) is 0 Å². The third-order valence-corrected chi connectivity index (χ3v) is 4.03. The number of fused-ring (bicyclic) bond motifs is 1. The summed E-state index contributed by atoms with van der Waals surface area (Å²) in [4.78, 5) is 15.3. The molecule has 9 nitrogen and oxygen atoms in total. The number of carbonyl (C=O) groups is 1. The van der Waals surface area contributed by atoms with Crippen LogP contribution in [0.5, 0.6) is 5.75 Å². The number of anilines is 1. The quantitative estimate of drug-likeness (QED) is 0.421. The van der Waals surface area contributed by atoms with Gasteiger partial charge in [-0.2, -0.15) is 0 Å². The summed E-state index contributed by atoms with van der Waals surface area (Å²) in [5.41, 5.74) is 3.08. The summed E-state index contributed by atoms with van der Waals surface area (Å²) in [5, 5.41) is 7.23. The van der Waals surface area contributed by atoms with Crippen LogP contribution in [-0.4, -0.2) is 26.1 Å². The molecule has 2 aromatic carbocycles. The van der Waals surface area contributed by atoms with Gasteiger partial charge in [-0.3, -0.25) is 4.79 Å². The van der Waals surface area contributed by atoms with Gasteiger partial charge in [0.25, 0.3) is 0 Å². The van der Waals surface area contributed by atoms with Crippen LogP contribution in [0.15, 0.2) is 60.8 Å². The average Bonchev–Trinajstić information content (AvgIpc) is 2.71. The third-order valence-electron chi connectivity index (χ3n) is 4.03. The predicted molar refractivity (Wildman–Crippen MR) is 98.7 cm³/mol. The zero-order chi connectivity index (χ0) is 22.0. The van der Waals surface area contributed by atoms with Crippen LogP contribution < -0.4 is 39.0 Å². The fourth-order valence-corrected chi connectivity index (χ4v) is 2.68. The first-order valence-electron chi connectivity index (χ1n) is 8.91. The number of hydrogen-bond donors (Lipinski definition) is 2. The topological polar surface area (TPSA) is 157 Å². The standard InChI is InChI=1S/C20H21N3O2.ClHO4/c1-25-17-9-7-15(8-10-17)11-13-21-19(24)14-23-18-6-2-4-16-5-3-12-22-20(16)18;2-1(3,4)5/h2-10,12,23H,11,13-14H2,1H3,(H,21,24);(H,2,3,4,5). The molecule has 3 aromatic rings. The highest BCUT2D eigenvalue weighted by Gasteiger charge is 2.08. The number of H-pyrrole nitrogens is 1. The number of amides is 1. The molecule has 3 rings (SSSR count). The van der Waals surface area contributed by atoms with Gasteiger partial charge in [0.05, 0.1) is 13.7 Å². The number of benzene rings is 2. The Balaban J connectivity index is 0.000000575. The monoisotopic (exact) mass is 435 g/mol. The minimum atomic E-state index is -4.94. The molecule has 0 bridgehead atoms. The SMILES string of the molecule is COc1ccc(CCNC(=O)CNc2cccc3ccc[nH+]c23)cc1.[O-][Cl+3]([O-])([O-])[O-]. The predicted octanol–water partition coefficient (Wildman–Crippen LogP) is -2.32. The molecule has 0 radical (unpaired) electrons. The molecule has 0 saturated carbocycles. The van der Waals surface area contributed by atoms with Crippen LogP contribution in [0.25, 0.3) is 10.9 Å². The van der Waals surface area contributed by atoms with E-state index in [1.54, 1.807) is 7.11 Å². The summed E-state index contributed by atoms with van der Waals surface area (Å²) in [7, 11) is -3.30. The van der Waals surface area contributed by atoms with Crippen molar-refractivity contribution in [3.63, 3.8) is 0 Å². The Labute approximate surface area is 175 Å². The summed E-state index contributed by atoms with van der Waals surface area (Å²) in [6, 6.07) is 17.8.